The van der Waals surface area contributed by atoms with Crippen LogP contribution in [-0.2, 0) is 10.2 Å². The first kappa shape index (κ1) is 20.2. The lowest BCUT2D eigenvalue weighted by Crippen LogP contribution is -2.44. The smallest absolute Gasteiger partial charge is 0.347 e. The van der Waals surface area contributed by atoms with Crippen LogP contribution in [0.3, 0.4) is 0 Å². The summed E-state index contributed by atoms with van der Waals surface area (Å²) in [6, 6.07) is 19.8. The van der Waals surface area contributed by atoms with Crippen molar-refractivity contribution in [1.82, 2.24) is 9.97 Å². The van der Waals surface area contributed by atoms with Crippen LogP contribution in [0.1, 0.15) is 16.7 Å². The Labute approximate surface area is 200 Å². The van der Waals surface area contributed by atoms with Crippen LogP contribution in [0, 0.1) is 0 Å². The number of aromatic amines is 2. The summed E-state index contributed by atoms with van der Waals surface area (Å²) < 4.78 is 11.5. The Morgan fingerprint density at radius 1 is 0.806 bits per heavy atom. The highest BCUT2D eigenvalue weighted by Gasteiger charge is 2.53. The number of anilines is 1. The quantitative estimate of drug-likeness (QED) is 0.251. The summed E-state index contributed by atoms with van der Waals surface area (Å²) in [7, 11) is 0. The maximum absolute atomic E-state index is 13.5. The fraction of sp³-hybridized carbons (Fsp3) is 0.0370. The average Bonchev–Trinajstić information content (AvgIpc) is 3.13. The molecule has 0 fully saturated rings. The molecule has 9 nitrogen and oxygen atoms in total. The molecule has 36 heavy (non-hydrogen) atoms. The predicted molar refractivity (Wildman–Crippen MR) is 132 cm³/mol. The van der Waals surface area contributed by atoms with Crippen LogP contribution in [0.2, 0.25) is 0 Å². The number of carbonyl (C=O) groups is 1. The molecule has 0 radical (unpaired) electrons. The first-order valence-electron chi connectivity index (χ1n) is 11.1. The van der Waals surface area contributed by atoms with E-state index in [0.717, 1.165) is 10.8 Å². The topological polar surface area (TPSA) is 134 Å². The zero-order chi connectivity index (χ0) is 24.6. The Morgan fingerprint density at radius 3 is 2.50 bits per heavy atom. The van der Waals surface area contributed by atoms with Crippen molar-refractivity contribution in [2.75, 3.05) is 5.32 Å². The first-order chi connectivity index (χ1) is 17.5. The summed E-state index contributed by atoms with van der Waals surface area (Å²) in [6.07, 6.45) is 1.44. The number of ether oxygens (including phenoxy) is 1. The lowest BCUT2D eigenvalue weighted by molar-refractivity contribution is -0.118. The van der Waals surface area contributed by atoms with Crippen molar-refractivity contribution in [3.8, 4) is 5.88 Å². The van der Waals surface area contributed by atoms with Crippen LogP contribution >= 0.6 is 0 Å². The molecule has 3 N–H and O–H groups in total. The summed E-state index contributed by atoms with van der Waals surface area (Å²) in [5.74, 6) is -0.747. The third-order valence-corrected chi connectivity index (χ3v) is 6.73. The lowest BCUT2D eigenvalue weighted by Gasteiger charge is -2.30. The zero-order valence-corrected chi connectivity index (χ0v) is 18.4. The molecule has 1 unspecified atom stereocenters. The van der Waals surface area contributed by atoms with E-state index >= 15 is 0 Å². The van der Waals surface area contributed by atoms with Gasteiger partial charge in [0, 0.05) is 11.1 Å². The SMILES string of the molecule is O=C1Nc2ccccc2C12C=C(c1cc3c(ccc4ccccc43)oc1=O)Oc1[nH]c(=O)[nH]c(=O)c12. The molecule has 0 aliphatic carbocycles. The average molecular weight is 477 g/mol. The first-order valence-corrected chi connectivity index (χ1v) is 11.1. The van der Waals surface area contributed by atoms with Crippen molar-refractivity contribution in [2.45, 2.75) is 5.41 Å². The van der Waals surface area contributed by atoms with Gasteiger partial charge in [-0.25, -0.2) is 9.59 Å². The van der Waals surface area contributed by atoms with Gasteiger partial charge in [0.05, 0.1) is 0 Å². The fourth-order valence-corrected chi connectivity index (χ4v) is 5.16. The van der Waals surface area contributed by atoms with E-state index in [-0.39, 0.29) is 22.8 Å². The molecule has 1 amide bonds. The number of aromatic nitrogens is 2. The number of hydrogen-bond acceptors (Lipinski definition) is 6. The van der Waals surface area contributed by atoms with E-state index in [9.17, 15) is 19.2 Å². The van der Waals surface area contributed by atoms with Gasteiger partial charge in [-0.1, -0.05) is 48.5 Å². The molecule has 4 heterocycles. The van der Waals surface area contributed by atoms with Gasteiger partial charge < -0.3 is 14.5 Å². The third-order valence-electron chi connectivity index (χ3n) is 6.73. The van der Waals surface area contributed by atoms with Gasteiger partial charge >= 0.3 is 11.3 Å². The summed E-state index contributed by atoms with van der Waals surface area (Å²) >= 11 is 0. The highest BCUT2D eigenvalue weighted by atomic mass is 16.5. The van der Waals surface area contributed by atoms with Crippen molar-refractivity contribution < 1.29 is 13.9 Å². The van der Waals surface area contributed by atoms with Gasteiger partial charge in [0.2, 0.25) is 11.8 Å². The molecule has 2 aliphatic rings. The van der Waals surface area contributed by atoms with E-state index in [1.807, 2.05) is 30.3 Å². The van der Waals surface area contributed by atoms with Gasteiger partial charge in [0.15, 0.2) is 0 Å². The van der Waals surface area contributed by atoms with Gasteiger partial charge in [-0.3, -0.25) is 19.6 Å². The van der Waals surface area contributed by atoms with E-state index in [1.165, 1.54) is 6.08 Å². The van der Waals surface area contributed by atoms with E-state index in [0.29, 0.717) is 22.2 Å². The molecule has 9 heteroatoms. The van der Waals surface area contributed by atoms with Crippen LogP contribution in [0.5, 0.6) is 5.88 Å². The number of rotatable bonds is 1. The molecule has 0 saturated carbocycles. The van der Waals surface area contributed by atoms with E-state index in [2.05, 4.69) is 15.3 Å². The fourth-order valence-electron chi connectivity index (χ4n) is 5.16. The largest absolute Gasteiger partial charge is 0.440 e. The Morgan fingerprint density at radius 2 is 1.61 bits per heavy atom. The second-order valence-electron chi connectivity index (χ2n) is 8.68. The van der Waals surface area contributed by atoms with Gasteiger partial charge in [-0.15, -0.1) is 0 Å². The van der Waals surface area contributed by atoms with Gasteiger partial charge in [0.1, 0.15) is 27.9 Å². The van der Waals surface area contributed by atoms with Crippen molar-refractivity contribution in [3.63, 3.8) is 0 Å². The number of H-pyrrole nitrogens is 2. The molecule has 0 saturated heterocycles. The van der Waals surface area contributed by atoms with Gasteiger partial charge in [-0.2, -0.15) is 0 Å². The second-order valence-corrected chi connectivity index (χ2v) is 8.68. The molecule has 7 rings (SSSR count). The monoisotopic (exact) mass is 477 g/mol. The molecule has 174 valence electrons. The predicted octanol–water partition coefficient (Wildman–Crippen LogP) is 2.99. The maximum Gasteiger partial charge on any atom is 0.347 e. The van der Waals surface area contributed by atoms with Crippen molar-refractivity contribution in [2.24, 2.45) is 0 Å². The minimum Gasteiger partial charge on any atom is -0.440 e. The van der Waals surface area contributed by atoms with Crippen LogP contribution in [-0.4, -0.2) is 15.9 Å². The minimum absolute atomic E-state index is 0.0146. The van der Waals surface area contributed by atoms with Crippen LogP contribution in [0.15, 0.2) is 91.6 Å². The molecule has 3 aromatic carbocycles. The summed E-state index contributed by atoms with van der Waals surface area (Å²) in [4.78, 5) is 56.4. The Hall–Kier alpha value is -5.18. The minimum atomic E-state index is -1.64. The lowest BCUT2D eigenvalue weighted by atomic mass is 9.74. The van der Waals surface area contributed by atoms with E-state index < -0.39 is 28.2 Å². The number of benzene rings is 3. The van der Waals surface area contributed by atoms with Crippen molar-refractivity contribution >= 4 is 39.1 Å². The maximum atomic E-state index is 13.5. The van der Waals surface area contributed by atoms with Crippen molar-refractivity contribution in [1.29, 1.82) is 0 Å². The molecule has 2 aliphatic heterocycles. The van der Waals surface area contributed by atoms with E-state index in [1.54, 1.807) is 36.4 Å². The number of fused-ring (bicyclic) bond motifs is 7. The summed E-state index contributed by atoms with van der Waals surface area (Å²) in [6.45, 7) is 0. The molecule has 1 spiro atoms. The number of nitrogens with one attached hydrogen (secondary N) is 3. The summed E-state index contributed by atoms with van der Waals surface area (Å²) in [5.41, 5.74) is -2.56. The van der Waals surface area contributed by atoms with Crippen molar-refractivity contribution in [3.05, 3.63) is 121 Å². The number of amides is 1. The molecule has 1 atom stereocenters. The summed E-state index contributed by atoms with van der Waals surface area (Å²) in [5, 5.41) is 5.28. The molecule has 2 aromatic heterocycles. The number of carbonyl (C=O) groups excluding carboxylic acids is 1. The van der Waals surface area contributed by atoms with Crippen LogP contribution in [0.4, 0.5) is 5.69 Å². The zero-order valence-electron chi connectivity index (χ0n) is 18.4. The van der Waals surface area contributed by atoms with Gasteiger partial charge in [-0.05, 0) is 40.6 Å². The Kier molecular flexibility index (Phi) is 3.89. The third kappa shape index (κ3) is 2.59. The Balaban J connectivity index is 1.57. The number of para-hydroxylation sites is 1. The van der Waals surface area contributed by atoms with Crippen LogP contribution in [0.25, 0.3) is 27.5 Å². The molecular weight excluding hydrogens is 462 g/mol. The highest BCUT2D eigenvalue weighted by Crippen LogP contribution is 2.49. The second kappa shape index (κ2) is 6.92. The molecular formula is C27H15N3O6. The number of hydrogen-bond donors (Lipinski definition) is 3. The highest BCUT2D eigenvalue weighted by molar-refractivity contribution is 6.12. The Bertz CT molecular complexity index is 2000. The van der Waals surface area contributed by atoms with Crippen LogP contribution < -0.4 is 26.9 Å². The molecule has 5 aromatic rings. The normalized spacial score (nSPS) is 18.0. The van der Waals surface area contributed by atoms with Gasteiger partial charge in [0.25, 0.3) is 5.56 Å². The molecule has 0 bridgehead atoms. The standard InChI is InChI=1S/C27H15N3O6/c31-22-21-23(30-26(34)29-22)35-20(12-27(21)17-7-3-4-8-18(17)28-25(27)33)16-11-15-14-6-2-1-5-13(14)9-10-19(15)36-24(16)32/h1-12H,(H,28,33)(H2,29,30,31,34). The van der Waals surface area contributed by atoms with E-state index in [4.69, 9.17) is 9.15 Å².